The molecule has 0 atom stereocenters. The van der Waals surface area contributed by atoms with Crippen LogP contribution in [0.4, 0.5) is 15.9 Å². The predicted octanol–water partition coefficient (Wildman–Crippen LogP) is 3.02. The van der Waals surface area contributed by atoms with E-state index < -0.39 is 5.60 Å². The molecule has 0 unspecified atom stereocenters. The Morgan fingerprint density at radius 1 is 1.33 bits per heavy atom. The van der Waals surface area contributed by atoms with Crippen LogP contribution in [-0.4, -0.2) is 31.6 Å². The fourth-order valence-corrected chi connectivity index (χ4v) is 4.48. The standard InChI is InChI=1S/C20H22FN5O/c1-10-9-26-17(18(22)24-10)16(25-19(26)11-7-20(2,27)8-11)13-3-4-14-12(15(13)21)5-6-23-14/h3-4,9,11,23,27H,5-8H2,1-2H3,(H2,22,24). The molecule has 2 aliphatic rings. The Balaban J connectivity index is 1.74. The van der Waals surface area contributed by atoms with Gasteiger partial charge >= 0.3 is 0 Å². The molecule has 0 amide bonds. The van der Waals surface area contributed by atoms with Gasteiger partial charge < -0.3 is 16.2 Å². The number of hydrogen-bond acceptors (Lipinski definition) is 5. The van der Waals surface area contributed by atoms with Gasteiger partial charge in [0.15, 0.2) is 0 Å². The van der Waals surface area contributed by atoms with E-state index in [0.29, 0.717) is 47.4 Å². The van der Waals surface area contributed by atoms with Crippen LogP contribution < -0.4 is 11.1 Å². The lowest BCUT2D eigenvalue weighted by molar-refractivity contribution is -0.0335. The third kappa shape index (κ3) is 2.41. The van der Waals surface area contributed by atoms with E-state index >= 15 is 4.39 Å². The summed E-state index contributed by atoms with van der Waals surface area (Å²) in [6.45, 7) is 4.44. The zero-order valence-corrected chi connectivity index (χ0v) is 15.4. The van der Waals surface area contributed by atoms with E-state index in [1.807, 2.05) is 30.5 Å². The summed E-state index contributed by atoms with van der Waals surface area (Å²) < 4.78 is 17.2. The van der Waals surface area contributed by atoms with Gasteiger partial charge in [-0.25, -0.2) is 14.4 Å². The molecule has 1 aliphatic heterocycles. The molecule has 5 rings (SSSR count). The van der Waals surface area contributed by atoms with E-state index in [4.69, 9.17) is 10.7 Å². The first-order valence-corrected chi connectivity index (χ1v) is 9.27. The average Bonchev–Trinajstić information content (AvgIpc) is 3.18. The number of aryl methyl sites for hydroxylation is 1. The second-order valence-corrected chi connectivity index (χ2v) is 8.04. The third-order valence-electron chi connectivity index (χ3n) is 5.72. The van der Waals surface area contributed by atoms with Crippen molar-refractivity contribution in [1.82, 2.24) is 14.4 Å². The van der Waals surface area contributed by atoms with E-state index in [1.54, 1.807) is 6.07 Å². The number of halogens is 1. The SMILES string of the molecule is Cc1cn2c(C3CC(C)(O)C3)nc(-c3ccc4c(c3F)CCN4)c2c(N)n1. The molecule has 0 bridgehead atoms. The highest BCUT2D eigenvalue weighted by atomic mass is 19.1. The number of fused-ring (bicyclic) bond motifs is 2. The average molecular weight is 367 g/mol. The van der Waals surface area contributed by atoms with Crippen LogP contribution in [0.5, 0.6) is 0 Å². The number of imidazole rings is 1. The summed E-state index contributed by atoms with van der Waals surface area (Å²) in [5.41, 5.74) is 9.47. The van der Waals surface area contributed by atoms with E-state index in [-0.39, 0.29) is 11.7 Å². The van der Waals surface area contributed by atoms with Crippen molar-refractivity contribution in [2.45, 2.75) is 44.6 Å². The number of hydrogen-bond donors (Lipinski definition) is 3. The quantitative estimate of drug-likeness (QED) is 0.648. The van der Waals surface area contributed by atoms with Gasteiger partial charge in [0.1, 0.15) is 28.7 Å². The smallest absolute Gasteiger partial charge is 0.150 e. The summed E-state index contributed by atoms with van der Waals surface area (Å²) in [5, 5.41) is 13.4. The van der Waals surface area contributed by atoms with Crippen LogP contribution in [0.1, 0.15) is 42.8 Å². The highest BCUT2D eigenvalue weighted by Gasteiger charge is 2.42. The maximum absolute atomic E-state index is 15.2. The molecule has 1 saturated carbocycles. The molecule has 3 heterocycles. The van der Waals surface area contributed by atoms with Crippen LogP contribution in [-0.2, 0) is 6.42 Å². The second kappa shape index (κ2) is 5.42. The van der Waals surface area contributed by atoms with E-state index in [1.165, 1.54) is 0 Å². The second-order valence-electron chi connectivity index (χ2n) is 8.04. The lowest BCUT2D eigenvalue weighted by Crippen LogP contribution is -2.40. The molecule has 1 aromatic carbocycles. The number of aromatic nitrogens is 3. The zero-order valence-electron chi connectivity index (χ0n) is 15.4. The Hall–Kier alpha value is -2.67. The van der Waals surface area contributed by atoms with Crippen LogP contribution in [0, 0.1) is 12.7 Å². The van der Waals surface area contributed by atoms with E-state index in [2.05, 4.69) is 10.3 Å². The summed E-state index contributed by atoms with van der Waals surface area (Å²) in [6, 6.07) is 3.66. The first-order valence-electron chi connectivity index (χ1n) is 9.27. The van der Waals surface area contributed by atoms with Gasteiger partial charge in [0.2, 0.25) is 0 Å². The van der Waals surface area contributed by atoms with E-state index in [9.17, 15) is 5.11 Å². The van der Waals surface area contributed by atoms with Crippen molar-refractivity contribution in [2.75, 3.05) is 17.6 Å². The first-order chi connectivity index (χ1) is 12.8. The van der Waals surface area contributed by atoms with Crippen LogP contribution in [0.25, 0.3) is 16.8 Å². The maximum atomic E-state index is 15.2. The molecule has 140 valence electrons. The number of benzene rings is 1. The van der Waals surface area contributed by atoms with Crippen molar-refractivity contribution in [3.8, 4) is 11.3 Å². The summed E-state index contributed by atoms with van der Waals surface area (Å²) in [4.78, 5) is 9.17. The van der Waals surface area contributed by atoms with Gasteiger partial charge in [-0.1, -0.05) is 0 Å². The number of nitrogen functional groups attached to an aromatic ring is 1. The molecule has 0 spiro atoms. The van der Waals surface area contributed by atoms with Gasteiger partial charge in [0.25, 0.3) is 0 Å². The summed E-state index contributed by atoms with van der Waals surface area (Å²) in [7, 11) is 0. The number of anilines is 2. The van der Waals surface area contributed by atoms with Crippen molar-refractivity contribution in [1.29, 1.82) is 0 Å². The van der Waals surface area contributed by atoms with E-state index in [0.717, 1.165) is 23.8 Å². The first kappa shape index (κ1) is 16.5. The largest absolute Gasteiger partial charge is 0.390 e. The number of nitrogens with two attached hydrogens (primary N) is 1. The molecule has 6 nitrogen and oxygen atoms in total. The Morgan fingerprint density at radius 2 is 2.11 bits per heavy atom. The summed E-state index contributed by atoms with van der Waals surface area (Å²) >= 11 is 0. The minimum absolute atomic E-state index is 0.113. The lowest BCUT2D eigenvalue weighted by atomic mass is 9.72. The fourth-order valence-electron chi connectivity index (χ4n) is 4.48. The fraction of sp³-hybridized carbons (Fsp3) is 0.400. The van der Waals surface area contributed by atoms with Gasteiger partial charge in [0, 0.05) is 35.5 Å². The van der Waals surface area contributed by atoms with Gasteiger partial charge in [-0.15, -0.1) is 0 Å². The van der Waals surface area contributed by atoms with Gasteiger partial charge in [0.05, 0.1) is 11.3 Å². The molecule has 3 aromatic rings. The Bertz CT molecular complexity index is 1080. The molecular weight excluding hydrogens is 345 g/mol. The monoisotopic (exact) mass is 367 g/mol. The molecule has 2 aromatic heterocycles. The third-order valence-corrected chi connectivity index (χ3v) is 5.72. The van der Waals surface area contributed by atoms with Gasteiger partial charge in [-0.3, -0.25) is 4.40 Å². The minimum atomic E-state index is -0.672. The molecule has 4 N–H and O–H groups in total. The molecule has 1 aliphatic carbocycles. The summed E-state index contributed by atoms with van der Waals surface area (Å²) in [6.07, 6.45) is 3.80. The minimum Gasteiger partial charge on any atom is -0.390 e. The Kier molecular flexibility index (Phi) is 3.31. The highest BCUT2D eigenvalue weighted by Crippen LogP contribution is 2.46. The Morgan fingerprint density at radius 3 is 2.85 bits per heavy atom. The molecule has 7 heteroatoms. The van der Waals surface area contributed by atoms with Crippen molar-refractivity contribution >= 4 is 17.0 Å². The maximum Gasteiger partial charge on any atom is 0.150 e. The van der Waals surface area contributed by atoms with Crippen LogP contribution in [0.2, 0.25) is 0 Å². The van der Waals surface area contributed by atoms with Crippen molar-refractivity contribution in [3.63, 3.8) is 0 Å². The highest BCUT2D eigenvalue weighted by molar-refractivity contribution is 5.87. The van der Waals surface area contributed by atoms with Crippen molar-refractivity contribution in [2.24, 2.45) is 0 Å². The molecule has 1 fully saturated rings. The number of nitrogens with one attached hydrogen (secondary N) is 1. The van der Waals surface area contributed by atoms with Gasteiger partial charge in [-0.2, -0.15) is 0 Å². The lowest BCUT2D eigenvalue weighted by Gasteiger charge is -2.40. The van der Waals surface area contributed by atoms with Crippen LogP contribution in [0.15, 0.2) is 18.3 Å². The molecular formula is C20H22FN5O. The summed E-state index contributed by atoms with van der Waals surface area (Å²) in [5.74, 6) is 1.01. The number of rotatable bonds is 2. The topological polar surface area (TPSA) is 88.5 Å². The van der Waals surface area contributed by atoms with Gasteiger partial charge in [-0.05, 0) is 45.2 Å². The number of aliphatic hydroxyl groups is 1. The molecule has 0 radical (unpaired) electrons. The van der Waals surface area contributed by atoms with Crippen molar-refractivity contribution in [3.05, 3.63) is 41.2 Å². The van der Waals surface area contributed by atoms with Crippen LogP contribution >= 0.6 is 0 Å². The molecule has 27 heavy (non-hydrogen) atoms. The predicted molar refractivity (Wildman–Crippen MR) is 102 cm³/mol. The number of nitrogens with zero attached hydrogens (tertiary/aromatic N) is 3. The zero-order chi connectivity index (χ0) is 18.9. The molecule has 0 saturated heterocycles. The van der Waals surface area contributed by atoms with Crippen molar-refractivity contribution < 1.29 is 9.50 Å². The Labute approximate surface area is 156 Å². The van der Waals surface area contributed by atoms with Crippen LogP contribution in [0.3, 0.4) is 0 Å². The normalized spacial score (nSPS) is 23.9.